The Balaban J connectivity index is 2.28. The quantitative estimate of drug-likeness (QED) is 0.590. The number of hydrogen-bond acceptors (Lipinski definition) is 0. The van der Waals surface area contributed by atoms with E-state index in [2.05, 4.69) is 11.8 Å². The molecule has 2 heteroatoms. The Labute approximate surface area is 92.5 Å². The fourth-order valence-electron chi connectivity index (χ4n) is 1.24. The zero-order chi connectivity index (χ0) is 11.4. The van der Waals surface area contributed by atoms with Gasteiger partial charge in [-0.15, -0.1) is 0 Å². The molecular weight excluding hydrogens is 206 g/mol. The Hall–Kier alpha value is -2.14. The number of benzene rings is 2. The number of rotatable bonds is 0. The normalized spacial score (nSPS) is 9.38. The molecule has 16 heavy (non-hydrogen) atoms. The SMILES string of the molecule is Fc1ccc(C#Cc2ccccc2)cc1F. The van der Waals surface area contributed by atoms with Gasteiger partial charge in [-0.25, -0.2) is 8.78 Å². The minimum absolute atomic E-state index is 0.461. The van der Waals surface area contributed by atoms with Crippen LogP contribution in [0.2, 0.25) is 0 Å². The molecule has 0 heterocycles. The largest absolute Gasteiger partial charge is 0.204 e. The van der Waals surface area contributed by atoms with Gasteiger partial charge in [0, 0.05) is 11.1 Å². The van der Waals surface area contributed by atoms with Crippen LogP contribution in [-0.2, 0) is 0 Å². The van der Waals surface area contributed by atoms with Gasteiger partial charge in [0.2, 0.25) is 0 Å². The molecule has 0 aromatic heterocycles. The molecular formula is C14H8F2. The van der Waals surface area contributed by atoms with Crippen molar-refractivity contribution >= 4 is 0 Å². The third kappa shape index (κ3) is 2.46. The molecule has 0 atom stereocenters. The lowest BCUT2D eigenvalue weighted by atomic mass is 10.2. The molecule has 0 N–H and O–H groups in total. The van der Waals surface area contributed by atoms with Crippen LogP contribution in [0.3, 0.4) is 0 Å². The van der Waals surface area contributed by atoms with Crippen molar-refractivity contribution in [1.82, 2.24) is 0 Å². The topological polar surface area (TPSA) is 0 Å². The van der Waals surface area contributed by atoms with E-state index in [1.54, 1.807) is 0 Å². The van der Waals surface area contributed by atoms with E-state index in [4.69, 9.17) is 0 Å². The summed E-state index contributed by atoms with van der Waals surface area (Å²) in [5.41, 5.74) is 1.30. The highest BCUT2D eigenvalue weighted by atomic mass is 19.2. The van der Waals surface area contributed by atoms with Crippen LogP contribution in [0.1, 0.15) is 11.1 Å². The summed E-state index contributed by atoms with van der Waals surface area (Å²) in [6.07, 6.45) is 0. The summed E-state index contributed by atoms with van der Waals surface area (Å²) in [6.45, 7) is 0. The molecule has 0 radical (unpaired) electrons. The Morgan fingerprint density at radius 3 is 2.06 bits per heavy atom. The minimum Gasteiger partial charge on any atom is -0.204 e. The fourth-order valence-corrected chi connectivity index (χ4v) is 1.24. The van der Waals surface area contributed by atoms with Crippen LogP contribution in [0.4, 0.5) is 8.78 Å². The molecule has 2 rings (SSSR count). The van der Waals surface area contributed by atoms with E-state index in [-0.39, 0.29) is 0 Å². The molecule has 0 aliphatic heterocycles. The predicted molar refractivity (Wildman–Crippen MR) is 58.8 cm³/mol. The van der Waals surface area contributed by atoms with E-state index in [0.29, 0.717) is 5.56 Å². The highest BCUT2D eigenvalue weighted by molar-refractivity contribution is 5.42. The first-order chi connectivity index (χ1) is 7.75. The van der Waals surface area contributed by atoms with E-state index in [9.17, 15) is 8.78 Å². The maximum Gasteiger partial charge on any atom is 0.160 e. The monoisotopic (exact) mass is 214 g/mol. The summed E-state index contributed by atoms with van der Waals surface area (Å²) in [4.78, 5) is 0. The Kier molecular flexibility index (Phi) is 2.98. The molecule has 78 valence electrons. The number of halogens is 2. The summed E-state index contributed by atoms with van der Waals surface area (Å²) in [5.74, 6) is 3.91. The van der Waals surface area contributed by atoms with Crippen molar-refractivity contribution in [2.45, 2.75) is 0 Å². The highest BCUT2D eigenvalue weighted by Crippen LogP contribution is 2.07. The lowest BCUT2D eigenvalue weighted by Crippen LogP contribution is -1.84. The first-order valence-electron chi connectivity index (χ1n) is 4.78. The van der Waals surface area contributed by atoms with Crippen LogP contribution < -0.4 is 0 Å². The summed E-state index contributed by atoms with van der Waals surface area (Å²) in [7, 11) is 0. The Bertz CT molecular complexity index is 548. The molecule has 0 saturated carbocycles. The first-order valence-corrected chi connectivity index (χ1v) is 4.78. The van der Waals surface area contributed by atoms with Crippen molar-refractivity contribution in [3.63, 3.8) is 0 Å². The maximum absolute atomic E-state index is 12.9. The second kappa shape index (κ2) is 4.59. The van der Waals surface area contributed by atoms with Crippen LogP contribution in [-0.4, -0.2) is 0 Å². The van der Waals surface area contributed by atoms with Gasteiger partial charge >= 0.3 is 0 Å². The lowest BCUT2D eigenvalue weighted by Gasteiger charge is -1.93. The minimum atomic E-state index is -0.875. The van der Waals surface area contributed by atoms with E-state index < -0.39 is 11.6 Å². The molecule has 2 aromatic carbocycles. The summed E-state index contributed by atoms with van der Waals surface area (Å²) in [6, 6.07) is 13.0. The summed E-state index contributed by atoms with van der Waals surface area (Å²) < 4.78 is 25.5. The van der Waals surface area contributed by atoms with Crippen molar-refractivity contribution in [1.29, 1.82) is 0 Å². The molecule has 2 aromatic rings. The van der Waals surface area contributed by atoms with Gasteiger partial charge in [-0.2, -0.15) is 0 Å². The molecule has 0 spiro atoms. The molecule has 0 aliphatic carbocycles. The van der Waals surface area contributed by atoms with Crippen molar-refractivity contribution < 1.29 is 8.78 Å². The van der Waals surface area contributed by atoms with Gasteiger partial charge in [-0.05, 0) is 30.3 Å². The second-order valence-electron chi connectivity index (χ2n) is 3.24. The zero-order valence-corrected chi connectivity index (χ0v) is 8.37. The van der Waals surface area contributed by atoms with Crippen molar-refractivity contribution in [3.05, 3.63) is 71.3 Å². The number of hydrogen-bond donors (Lipinski definition) is 0. The zero-order valence-electron chi connectivity index (χ0n) is 8.37. The van der Waals surface area contributed by atoms with Crippen LogP contribution in [0, 0.1) is 23.5 Å². The molecule has 0 saturated heterocycles. The molecule has 0 amide bonds. The van der Waals surface area contributed by atoms with E-state index in [1.165, 1.54) is 6.07 Å². The lowest BCUT2D eigenvalue weighted by molar-refractivity contribution is 0.508. The molecule has 0 bridgehead atoms. The average molecular weight is 214 g/mol. The Morgan fingerprint density at radius 1 is 0.688 bits per heavy atom. The molecule has 0 fully saturated rings. The van der Waals surface area contributed by atoms with Crippen LogP contribution in [0.25, 0.3) is 0 Å². The van der Waals surface area contributed by atoms with Crippen molar-refractivity contribution in [3.8, 4) is 11.8 Å². The van der Waals surface area contributed by atoms with Crippen LogP contribution >= 0.6 is 0 Å². The molecule has 0 nitrogen and oxygen atoms in total. The van der Waals surface area contributed by atoms with Crippen molar-refractivity contribution in [2.75, 3.05) is 0 Å². The first kappa shape index (κ1) is 10.4. The highest BCUT2D eigenvalue weighted by Gasteiger charge is 1.99. The standard InChI is InChI=1S/C14H8F2/c15-13-9-8-12(10-14(13)16)7-6-11-4-2-1-3-5-11/h1-5,8-10H. The summed E-state index contributed by atoms with van der Waals surface area (Å²) >= 11 is 0. The van der Waals surface area contributed by atoms with Crippen LogP contribution in [0.5, 0.6) is 0 Å². The molecule has 0 aliphatic rings. The second-order valence-corrected chi connectivity index (χ2v) is 3.24. The average Bonchev–Trinajstić information content (AvgIpc) is 2.32. The molecule has 0 unspecified atom stereocenters. The van der Waals surface area contributed by atoms with Gasteiger partial charge < -0.3 is 0 Å². The third-order valence-electron chi connectivity index (χ3n) is 2.04. The summed E-state index contributed by atoms with van der Waals surface area (Å²) in [5, 5.41) is 0. The van der Waals surface area contributed by atoms with Crippen molar-refractivity contribution in [2.24, 2.45) is 0 Å². The van der Waals surface area contributed by atoms with Crippen LogP contribution in [0.15, 0.2) is 48.5 Å². The van der Waals surface area contributed by atoms with E-state index in [0.717, 1.165) is 17.7 Å². The van der Waals surface area contributed by atoms with Gasteiger partial charge in [0.15, 0.2) is 11.6 Å². The van der Waals surface area contributed by atoms with Gasteiger partial charge in [0.1, 0.15) is 0 Å². The van der Waals surface area contributed by atoms with E-state index >= 15 is 0 Å². The van der Waals surface area contributed by atoms with E-state index in [1.807, 2.05) is 30.3 Å². The van der Waals surface area contributed by atoms with Gasteiger partial charge in [-0.3, -0.25) is 0 Å². The van der Waals surface area contributed by atoms with Gasteiger partial charge in [0.05, 0.1) is 0 Å². The Morgan fingerprint density at radius 2 is 1.38 bits per heavy atom. The smallest absolute Gasteiger partial charge is 0.160 e. The predicted octanol–water partition coefficient (Wildman–Crippen LogP) is 3.36. The third-order valence-corrected chi connectivity index (χ3v) is 2.04. The maximum atomic E-state index is 12.9. The van der Waals surface area contributed by atoms with Gasteiger partial charge in [0.25, 0.3) is 0 Å². The van der Waals surface area contributed by atoms with Gasteiger partial charge in [-0.1, -0.05) is 30.0 Å². The fraction of sp³-hybridized carbons (Fsp3) is 0.